The van der Waals surface area contributed by atoms with Crippen molar-refractivity contribution in [2.45, 2.75) is 32.5 Å². The molecule has 1 saturated heterocycles. The molecule has 104 valence electrons. The van der Waals surface area contributed by atoms with Gasteiger partial charge in [-0.05, 0) is 39.0 Å². The number of benzene rings is 1. The molecular weight excluding hydrogens is 310 g/mol. The summed E-state index contributed by atoms with van der Waals surface area (Å²) in [6, 6.07) is 4.92. The summed E-state index contributed by atoms with van der Waals surface area (Å²) in [5.74, 6) is -0.162. The largest absolute Gasteiger partial charge is 0.507 e. The van der Waals surface area contributed by atoms with Crippen molar-refractivity contribution in [2.75, 3.05) is 13.1 Å². The first-order valence-corrected chi connectivity index (χ1v) is 7.03. The normalized spacial score (nSPS) is 22.3. The van der Waals surface area contributed by atoms with Gasteiger partial charge in [-0.25, -0.2) is 0 Å². The van der Waals surface area contributed by atoms with E-state index < -0.39 is 0 Å². The fourth-order valence-electron chi connectivity index (χ4n) is 2.46. The van der Waals surface area contributed by atoms with Crippen LogP contribution >= 0.6 is 15.9 Å². The van der Waals surface area contributed by atoms with Gasteiger partial charge in [0.25, 0.3) is 5.91 Å². The first-order valence-electron chi connectivity index (χ1n) is 6.24. The Morgan fingerprint density at radius 2 is 2.21 bits per heavy atom. The summed E-state index contributed by atoms with van der Waals surface area (Å²) in [7, 11) is 0. The van der Waals surface area contributed by atoms with Crippen LogP contribution in [-0.4, -0.2) is 40.7 Å². The summed E-state index contributed by atoms with van der Waals surface area (Å²) in [5, 5.41) is 9.88. The lowest BCUT2D eigenvalue weighted by Gasteiger charge is -2.41. The summed E-state index contributed by atoms with van der Waals surface area (Å²) >= 11 is 3.26. The number of ether oxygens (including phenoxy) is 1. The van der Waals surface area contributed by atoms with E-state index in [2.05, 4.69) is 15.9 Å². The van der Waals surface area contributed by atoms with Gasteiger partial charge in [-0.2, -0.15) is 0 Å². The van der Waals surface area contributed by atoms with Gasteiger partial charge in [0.1, 0.15) is 5.75 Å². The number of carbonyl (C=O) groups excluding carboxylic acids is 1. The molecule has 0 saturated carbocycles. The zero-order chi connectivity index (χ0) is 14.2. The minimum absolute atomic E-state index is 0.00340. The topological polar surface area (TPSA) is 49.8 Å². The lowest BCUT2D eigenvalue weighted by molar-refractivity contribution is -0.118. The molecule has 4 nitrogen and oxygen atoms in total. The molecule has 1 atom stereocenters. The van der Waals surface area contributed by atoms with Crippen LogP contribution in [0.15, 0.2) is 22.7 Å². The van der Waals surface area contributed by atoms with Crippen LogP contribution in [-0.2, 0) is 4.74 Å². The van der Waals surface area contributed by atoms with Crippen molar-refractivity contribution in [1.82, 2.24) is 4.90 Å². The summed E-state index contributed by atoms with van der Waals surface area (Å²) in [4.78, 5) is 14.2. The quantitative estimate of drug-likeness (QED) is 0.862. The third kappa shape index (κ3) is 3.28. The van der Waals surface area contributed by atoms with Crippen LogP contribution in [0.25, 0.3) is 0 Å². The molecule has 0 radical (unpaired) electrons. The molecule has 1 aliphatic rings. The Labute approximate surface area is 121 Å². The number of amides is 1. The first-order chi connectivity index (χ1) is 8.78. The number of phenols is 1. The molecule has 0 aromatic heterocycles. The Balaban J connectivity index is 2.24. The van der Waals surface area contributed by atoms with E-state index in [1.807, 2.05) is 20.8 Å². The number of nitrogens with zero attached hydrogens (tertiary/aromatic N) is 1. The van der Waals surface area contributed by atoms with E-state index in [0.717, 1.165) is 4.47 Å². The molecule has 1 N–H and O–H groups in total. The van der Waals surface area contributed by atoms with Crippen molar-refractivity contribution in [1.29, 1.82) is 0 Å². The molecule has 1 aromatic rings. The number of hydrogen-bond acceptors (Lipinski definition) is 3. The Kier molecular flexibility index (Phi) is 3.87. The van der Waals surface area contributed by atoms with Crippen molar-refractivity contribution >= 4 is 21.8 Å². The highest BCUT2D eigenvalue weighted by Gasteiger charge is 2.34. The Hall–Kier alpha value is -1.07. The minimum atomic E-state index is -0.363. The van der Waals surface area contributed by atoms with Crippen LogP contribution in [0, 0.1) is 0 Å². The van der Waals surface area contributed by atoms with E-state index in [4.69, 9.17) is 4.74 Å². The summed E-state index contributed by atoms with van der Waals surface area (Å²) in [6.07, 6.45) is -0.00899. The van der Waals surface area contributed by atoms with Crippen LogP contribution in [0.1, 0.15) is 31.1 Å². The summed E-state index contributed by atoms with van der Waals surface area (Å²) in [5.41, 5.74) is -0.0358. The molecule has 19 heavy (non-hydrogen) atoms. The molecule has 1 unspecified atom stereocenters. The van der Waals surface area contributed by atoms with Crippen molar-refractivity contribution < 1.29 is 14.6 Å². The van der Waals surface area contributed by atoms with Gasteiger partial charge in [0, 0.05) is 17.6 Å². The Bertz CT molecular complexity index is 501. The SMILES string of the molecule is CC1CN(C(=O)c2ccc(Br)cc2O)CC(C)(C)O1. The third-order valence-corrected chi connectivity index (χ3v) is 3.54. The molecule has 1 aromatic carbocycles. The second kappa shape index (κ2) is 5.13. The number of rotatable bonds is 1. The van der Waals surface area contributed by atoms with Crippen LogP contribution in [0.3, 0.4) is 0 Å². The molecule has 0 aliphatic carbocycles. The summed E-state index contributed by atoms with van der Waals surface area (Å²) in [6.45, 7) is 6.93. The monoisotopic (exact) mass is 327 g/mol. The molecule has 2 rings (SSSR count). The smallest absolute Gasteiger partial charge is 0.257 e. The zero-order valence-corrected chi connectivity index (χ0v) is 12.9. The van der Waals surface area contributed by atoms with Gasteiger partial charge in [0.15, 0.2) is 0 Å². The molecule has 1 amide bonds. The zero-order valence-electron chi connectivity index (χ0n) is 11.3. The van der Waals surface area contributed by atoms with Crippen LogP contribution in [0.2, 0.25) is 0 Å². The maximum absolute atomic E-state index is 12.5. The van der Waals surface area contributed by atoms with Gasteiger partial charge < -0.3 is 14.7 Å². The van der Waals surface area contributed by atoms with Gasteiger partial charge in [0.2, 0.25) is 0 Å². The standard InChI is InChI=1S/C14H18BrNO3/c1-9-7-16(8-14(2,3)19-9)13(18)11-5-4-10(15)6-12(11)17/h4-6,9,17H,7-8H2,1-3H3. The predicted molar refractivity (Wildman–Crippen MR) is 76.3 cm³/mol. The van der Waals surface area contributed by atoms with Crippen LogP contribution < -0.4 is 0 Å². The van der Waals surface area contributed by atoms with Crippen molar-refractivity contribution in [3.63, 3.8) is 0 Å². The fourth-order valence-corrected chi connectivity index (χ4v) is 2.81. The van der Waals surface area contributed by atoms with E-state index >= 15 is 0 Å². The lowest BCUT2D eigenvalue weighted by Crippen LogP contribution is -2.53. The minimum Gasteiger partial charge on any atom is -0.507 e. The van der Waals surface area contributed by atoms with E-state index in [0.29, 0.717) is 18.7 Å². The second-order valence-electron chi connectivity index (χ2n) is 5.54. The van der Waals surface area contributed by atoms with E-state index in [1.54, 1.807) is 17.0 Å². The molecule has 1 heterocycles. The van der Waals surface area contributed by atoms with Crippen molar-refractivity contribution in [2.24, 2.45) is 0 Å². The van der Waals surface area contributed by atoms with E-state index in [1.165, 1.54) is 6.07 Å². The highest BCUT2D eigenvalue weighted by Crippen LogP contribution is 2.27. The molecule has 1 fully saturated rings. The number of aromatic hydroxyl groups is 1. The van der Waals surface area contributed by atoms with Gasteiger partial charge in [0.05, 0.1) is 17.3 Å². The number of hydrogen-bond donors (Lipinski definition) is 1. The highest BCUT2D eigenvalue weighted by molar-refractivity contribution is 9.10. The van der Waals surface area contributed by atoms with Crippen molar-refractivity contribution in [3.8, 4) is 5.75 Å². The Morgan fingerprint density at radius 3 is 2.79 bits per heavy atom. The van der Waals surface area contributed by atoms with E-state index in [-0.39, 0.29) is 23.4 Å². The highest BCUT2D eigenvalue weighted by atomic mass is 79.9. The van der Waals surface area contributed by atoms with Crippen molar-refractivity contribution in [3.05, 3.63) is 28.2 Å². The first kappa shape index (κ1) is 14.3. The van der Waals surface area contributed by atoms with Gasteiger partial charge in [-0.3, -0.25) is 4.79 Å². The molecule has 0 bridgehead atoms. The molecule has 1 aliphatic heterocycles. The van der Waals surface area contributed by atoms with E-state index in [9.17, 15) is 9.90 Å². The molecular formula is C14H18BrNO3. The summed E-state index contributed by atoms with van der Waals surface area (Å²) < 4.78 is 6.52. The maximum Gasteiger partial charge on any atom is 0.257 e. The van der Waals surface area contributed by atoms with Crippen LogP contribution in [0.4, 0.5) is 0 Å². The predicted octanol–water partition coefficient (Wildman–Crippen LogP) is 2.79. The average Bonchev–Trinajstić information content (AvgIpc) is 2.25. The van der Waals surface area contributed by atoms with Gasteiger partial charge in [-0.1, -0.05) is 15.9 Å². The average molecular weight is 328 g/mol. The maximum atomic E-state index is 12.5. The third-order valence-electron chi connectivity index (χ3n) is 3.05. The number of morpholine rings is 1. The van der Waals surface area contributed by atoms with Crippen LogP contribution in [0.5, 0.6) is 5.75 Å². The fraction of sp³-hybridized carbons (Fsp3) is 0.500. The van der Waals surface area contributed by atoms with Gasteiger partial charge >= 0.3 is 0 Å². The lowest BCUT2D eigenvalue weighted by atomic mass is 10.0. The number of halogens is 1. The van der Waals surface area contributed by atoms with Gasteiger partial charge in [-0.15, -0.1) is 0 Å². The Morgan fingerprint density at radius 1 is 1.53 bits per heavy atom. The number of phenolic OH excluding ortho intramolecular Hbond substituents is 1. The number of carbonyl (C=O) groups is 1. The second-order valence-corrected chi connectivity index (χ2v) is 6.45. The molecule has 0 spiro atoms. The molecule has 5 heteroatoms.